The number of thiazole rings is 1. The summed E-state index contributed by atoms with van der Waals surface area (Å²) in [5, 5.41) is 11.9. The van der Waals surface area contributed by atoms with Gasteiger partial charge in [0.1, 0.15) is 16.2 Å². The summed E-state index contributed by atoms with van der Waals surface area (Å²) in [6.07, 6.45) is 0. The molecule has 0 fully saturated rings. The van der Waals surface area contributed by atoms with Gasteiger partial charge in [-0.05, 0) is 26.0 Å². The number of aromatic nitrogens is 1. The van der Waals surface area contributed by atoms with Gasteiger partial charge in [-0.2, -0.15) is 5.26 Å². The molecule has 18 heavy (non-hydrogen) atoms. The van der Waals surface area contributed by atoms with Gasteiger partial charge in [-0.3, -0.25) is 0 Å². The van der Waals surface area contributed by atoms with Gasteiger partial charge in [-0.1, -0.05) is 12.1 Å². The third kappa shape index (κ3) is 2.22. The van der Waals surface area contributed by atoms with E-state index in [1.54, 1.807) is 7.11 Å². The highest BCUT2D eigenvalue weighted by molar-refractivity contribution is 7.10. The van der Waals surface area contributed by atoms with Crippen molar-refractivity contribution in [3.05, 3.63) is 34.7 Å². The number of nitriles is 1. The fraction of sp³-hybridized carbons (Fsp3) is 0.286. The van der Waals surface area contributed by atoms with E-state index in [1.165, 1.54) is 11.3 Å². The minimum atomic E-state index is -0.551. The first-order chi connectivity index (χ1) is 8.58. The predicted octanol–water partition coefficient (Wildman–Crippen LogP) is 3.62. The van der Waals surface area contributed by atoms with Crippen LogP contribution in [0.1, 0.15) is 18.9 Å². The first-order valence-electron chi connectivity index (χ1n) is 5.59. The van der Waals surface area contributed by atoms with Crippen molar-refractivity contribution in [3.63, 3.8) is 0 Å². The normalized spacial score (nSPS) is 11.0. The minimum Gasteiger partial charge on any atom is -0.496 e. The standard InChI is InChI=1S/C14H14N2OS/c1-14(2,9-15)13-16-11(8-18-13)10-6-4-5-7-12(10)17-3/h4-8H,1-3H3. The van der Waals surface area contributed by atoms with Gasteiger partial charge < -0.3 is 4.74 Å². The van der Waals surface area contributed by atoms with Gasteiger partial charge in [0.15, 0.2) is 0 Å². The SMILES string of the molecule is COc1ccccc1-c1csc(C(C)(C)C#N)n1. The highest BCUT2D eigenvalue weighted by Gasteiger charge is 2.24. The van der Waals surface area contributed by atoms with Crippen LogP contribution in [0.3, 0.4) is 0 Å². The summed E-state index contributed by atoms with van der Waals surface area (Å²) < 4.78 is 5.32. The van der Waals surface area contributed by atoms with Crippen LogP contribution in [-0.4, -0.2) is 12.1 Å². The summed E-state index contributed by atoms with van der Waals surface area (Å²) in [6, 6.07) is 10.0. The van der Waals surface area contributed by atoms with Crippen molar-refractivity contribution in [3.8, 4) is 23.1 Å². The van der Waals surface area contributed by atoms with Crippen LogP contribution < -0.4 is 4.74 Å². The van der Waals surface area contributed by atoms with Crippen LogP contribution in [0.2, 0.25) is 0 Å². The lowest BCUT2D eigenvalue weighted by Crippen LogP contribution is -2.13. The van der Waals surface area contributed by atoms with Gasteiger partial charge in [0.25, 0.3) is 0 Å². The van der Waals surface area contributed by atoms with Crippen LogP contribution in [0.5, 0.6) is 5.75 Å². The smallest absolute Gasteiger partial charge is 0.128 e. The summed E-state index contributed by atoms with van der Waals surface area (Å²) in [5.41, 5.74) is 1.26. The van der Waals surface area contributed by atoms with E-state index < -0.39 is 5.41 Å². The molecule has 0 aliphatic heterocycles. The lowest BCUT2D eigenvalue weighted by Gasteiger charge is -2.10. The molecule has 0 unspecified atom stereocenters. The van der Waals surface area contributed by atoms with E-state index in [9.17, 15) is 0 Å². The monoisotopic (exact) mass is 258 g/mol. The van der Waals surface area contributed by atoms with E-state index in [0.29, 0.717) is 0 Å². The van der Waals surface area contributed by atoms with Crippen molar-refractivity contribution in [2.75, 3.05) is 7.11 Å². The largest absolute Gasteiger partial charge is 0.496 e. The molecular weight excluding hydrogens is 244 g/mol. The first kappa shape index (κ1) is 12.6. The van der Waals surface area contributed by atoms with Crippen LogP contribution in [0, 0.1) is 11.3 Å². The minimum absolute atomic E-state index is 0.551. The lowest BCUT2D eigenvalue weighted by atomic mass is 9.97. The molecule has 0 amide bonds. The number of methoxy groups -OCH3 is 1. The summed E-state index contributed by atoms with van der Waals surface area (Å²) in [7, 11) is 1.64. The Hall–Kier alpha value is -1.86. The molecule has 2 aromatic rings. The van der Waals surface area contributed by atoms with E-state index in [2.05, 4.69) is 11.1 Å². The molecule has 0 N–H and O–H groups in total. The number of rotatable bonds is 3. The van der Waals surface area contributed by atoms with Crippen molar-refractivity contribution >= 4 is 11.3 Å². The summed E-state index contributed by atoms with van der Waals surface area (Å²) in [4.78, 5) is 4.55. The zero-order valence-electron chi connectivity index (χ0n) is 10.6. The molecule has 0 spiro atoms. The molecule has 0 aliphatic carbocycles. The van der Waals surface area contributed by atoms with Gasteiger partial charge >= 0.3 is 0 Å². The second-order valence-electron chi connectivity index (χ2n) is 4.47. The fourth-order valence-corrected chi connectivity index (χ4v) is 2.48. The van der Waals surface area contributed by atoms with Crippen LogP contribution in [-0.2, 0) is 5.41 Å². The van der Waals surface area contributed by atoms with Gasteiger partial charge in [0, 0.05) is 10.9 Å². The Morgan fingerprint density at radius 3 is 2.72 bits per heavy atom. The van der Waals surface area contributed by atoms with Crippen LogP contribution in [0.15, 0.2) is 29.6 Å². The van der Waals surface area contributed by atoms with E-state index in [0.717, 1.165) is 22.0 Å². The van der Waals surface area contributed by atoms with Gasteiger partial charge in [0.2, 0.25) is 0 Å². The second-order valence-corrected chi connectivity index (χ2v) is 5.33. The third-order valence-corrected chi connectivity index (χ3v) is 3.87. The maximum absolute atomic E-state index is 9.12. The fourth-order valence-electron chi connectivity index (χ4n) is 1.59. The Morgan fingerprint density at radius 1 is 1.33 bits per heavy atom. The summed E-state index contributed by atoms with van der Waals surface area (Å²) >= 11 is 1.51. The van der Waals surface area contributed by atoms with Gasteiger partial charge in [-0.25, -0.2) is 4.98 Å². The molecule has 0 radical (unpaired) electrons. The number of hydrogen-bond acceptors (Lipinski definition) is 4. The van der Waals surface area contributed by atoms with Crippen molar-refractivity contribution in [2.24, 2.45) is 0 Å². The molecule has 0 bridgehead atoms. The average Bonchev–Trinajstić information content (AvgIpc) is 2.89. The average molecular weight is 258 g/mol. The first-order valence-corrected chi connectivity index (χ1v) is 6.47. The molecule has 1 aromatic carbocycles. The Balaban J connectivity index is 2.45. The maximum Gasteiger partial charge on any atom is 0.128 e. The number of benzene rings is 1. The molecule has 4 heteroatoms. The molecule has 0 saturated carbocycles. The van der Waals surface area contributed by atoms with Crippen LogP contribution in [0.25, 0.3) is 11.3 Å². The van der Waals surface area contributed by atoms with Crippen molar-refractivity contribution in [1.82, 2.24) is 4.98 Å². The highest BCUT2D eigenvalue weighted by atomic mass is 32.1. The molecule has 1 aromatic heterocycles. The van der Waals surface area contributed by atoms with Crippen LogP contribution in [0.4, 0.5) is 0 Å². The predicted molar refractivity (Wildman–Crippen MR) is 72.7 cm³/mol. The third-order valence-electron chi connectivity index (χ3n) is 2.70. The molecular formula is C14H14N2OS. The highest BCUT2D eigenvalue weighted by Crippen LogP contribution is 2.33. The molecule has 0 aliphatic rings. The van der Waals surface area contributed by atoms with E-state index in [1.807, 2.05) is 43.5 Å². The summed E-state index contributed by atoms with van der Waals surface area (Å²) in [6.45, 7) is 3.75. The molecule has 3 nitrogen and oxygen atoms in total. The van der Waals surface area contributed by atoms with Gasteiger partial charge in [-0.15, -0.1) is 11.3 Å². The Kier molecular flexibility index (Phi) is 3.35. The van der Waals surface area contributed by atoms with Crippen molar-refractivity contribution < 1.29 is 4.74 Å². The second kappa shape index (κ2) is 4.79. The Labute approximate surface area is 111 Å². The number of para-hydroxylation sites is 1. The van der Waals surface area contributed by atoms with Crippen molar-refractivity contribution in [2.45, 2.75) is 19.3 Å². The summed E-state index contributed by atoms with van der Waals surface area (Å²) in [5.74, 6) is 0.795. The van der Waals surface area contributed by atoms with E-state index in [4.69, 9.17) is 10.00 Å². The maximum atomic E-state index is 9.12. The van der Waals surface area contributed by atoms with Crippen molar-refractivity contribution in [1.29, 1.82) is 5.26 Å². The molecule has 0 atom stereocenters. The lowest BCUT2D eigenvalue weighted by molar-refractivity contribution is 0.416. The number of hydrogen-bond donors (Lipinski definition) is 0. The zero-order chi connectivity index (χ0) is 13.2. The van der Waals surface area contributed by atoms with E-state index >= 15 is 0 Å². The number of ether oxygens (including phenoxy) is 1. The molecule has 0 saturated heterocycles. The topological polar surface area (TPSA) is 45.9 Å². The zero-order valence-corrected chi connectivity index (χ0v) is 11.4. The Bertz CT molecular complexity index is 596. The van der Waals surface area contributed by atoms with E-state index in [-0.39, 0.29) is 0 Å². The number of nitrogens with zero attached hydrogens (tertiary/aromatic N) is 2. The van der Waals surface area contributed by atoms with Gasteiger partial charge in [0.05, 0.1) is 18.9 Å². The molecule has 1 heterocycles. The quantitative estimate of drug-likeness (QED) is 0.844. The molecule has 2 rings (SSSR count). The Morgan fingerprint density at radius 2 is 2.06 bits per heavy atom. The molecule has 92 valence electrons. The van der Waals surface area contributed by atoms with Crippen LogP contribution >= 0.6 is 11.3 Å².